The van der Waals surface area contributed by atoms with Crippen LogP contribution in [0.2, 0.25) is 0 Å². The molecule has 0 heterocycles. The third-order valence-corrected chi connectivity index (χ3v) is 4.73. The molecule has 0 bridgehead atoms. The Morgan fingerprint density at radius 1 is 1.00 bits per heavy atom. The first kappa shape index (κ1) is 14.6. The van der Waals surface area contributed by atoms with Crippen LogP contribution in [0.3, 0.4) is 0 Å². The van der Waals surface area contributed by atoms with E-state index in [1.165, 1.54) is 29.2 Å². The van der Waals surface area contributed by atoms with Gasteiger partial charge >= 0.3 is 0 Å². The van der Waals surface area contributed by atoms with Crippen LogP contribution in [0.15, 0.2) is 42.5 Å². The lowest BCUT2D eigenvalue weighted by molar-refractivity contribution is 0.115. The molecule has 2 N–H and O–H groups in total. The van der Waals surface area contributed by atoms with E-state index in [2.05, 4.69) is 54.7 Å². The summed E-state index contributed by atoms with van der Waals surface area (Å²) in [6.45, 7) is 2.21. The Morgan fingerprint density at radius 2 is 1.76 bits per heavy atom. The molecule has 112 valence electrons. The Bertz CT molecular complexity index is 590. The van der Waals surface area contributed by atoms with Gasteiger partial charge < -0.3 is 10.4 Å². The molecule has 2 aromatic carbocycles. The second kappa shape index (κ2) is 6.59. The van der Waals surface area contributed by atoms with Crippen LogP contribution in [0, 0.1) is 0 Å². The van der Waals surface area contributed by atoms with Crippen molar-refractivity contribution in [3.63, 3.8) is 0 Å². The average Bonchev–Trinajstić information content (AvgIpc) is 2.71. The lowest BCUT2D eigenvalue weighted by atomic mass is 9.97. The molecule has 3 atom stereocenters. The highest BCUT2D eigenvalue weighted by Gasteiger charge is 2.23. The summed E-state index contributed by atoms with van der Waals surface area (Å²) < 4.78 is 0. The fourth-order valence-electron chi connectivity index (χ4n) is 3.52. The lowest BCUT2D eigenvalue weighted by Gasteiger charge is -2.27. The van der Waals surface area contributed by atoms with Crippen molar-refractivity contribution in [2.24, 2.45) is 0 Å². The van der Waals surface area contributed by atoms with Crippen molar-refractivity contribution in [1.29, 1.82) is 0 Å². The molecule has 1 saturated carbocycles. The van der Waals surface area contributed by atoms with E-state index in [1.54, 1.807) is 0 Å². The lowest BCUT2D eigenvalue weighted by Crippen LogP contribution is -2.40. The molecule has 0 amide bonds. The van der Waals surface area contributed by atoms with Gasteiger partial charge in [-0.25, -0.2) is 0 Å². The normalized spacial score (nSPS) is 24.7. The Kier molecular flexibility index (Phi) is 4.57. The van der Waals surface area contributed by atoms with E-state index in [0.29, 0.717) is 0 Å². The minimum atomic E-state index is -0.204. The van der Waals surface area contributed by atoms with Crippen LogP contribution < -0.4 is 5.32 Å². The fraction of sp³-hybridized carbons (Fsp3) is 0.474. The van der Waals surface area contributed by atoms with E-state index in [4.69, 9.17) is 0 Å². The molecular weight excluding hydrogens is 258 g/mol. The zero-order chi connectivity index (χ0) is 14.7. The second-order valence-electron chi connectivity index (χ2n) is 6.27. The molecule has 1 aliphatic rings. The van der Waals surface area contributed by atoms with Gasteiger partial charge in [0.05, 0.1) is 6.10 Å². The highest BCUT2D eigenvalue weighted by atomic mass is 16.3. The minimum Gasteiger partial charge on any atom is -0.392 e. The number of hydrogen-bond donors (Lipinski definition) is 2. The minimum absolute atomic E-state index is 0.204. The number of fused-ring (bicyclic) bond motifs is 1. The molecule has 0 radical (unpaired) electrons. The third-order valence-electron chi connectivity index (χ3n) is 4.73. The molecule has 3 unspecified atom stereocenters. The quantitative estimate of drug-likeness (QED) is 0.828. The summed E-state index contributed by atoms with van der Waals surface area (Å²) in [5.41, 5.74) is 1.32. The fourth-order valence-corrected chi connectivity index (χ4v) is 3.52. The van der Waals surface area contributed by atoms with Crippen LogP contribution in [0.5, 0.6) is 0 Å². The van der Waals surface area contributed by atoms with Gasteiger partial charge in [-0.3, -0.25) is 0 Å². The number of aliphatic hydroxyl groups is 1. The Labute approximate surface area is 127 Å². The molecule has 1 aliphatic carbocycles. The zero-order valence-electron chi connectivity index (χ0n) is 12.8. The highest BCUT2D eigenvalue weighted by molar-refractivity contribution is 5.86. The predicted octanol–water partition coefficient (Wildman–Crippen LogP) is 4.18. The van der Waals surface area contributed by atoms with Crippen molar-refractivity contribution in [3.8, 4) is 0 Å². The van der Waals surface area contributed by atoms with E-state index in [9.17, 15) is 5.11 Å². The van der Waals surface area contributed by atoms with Crippen molar-refractivity contribution in [2.45, 2.75) is 57.2 Å². The Hall–Kier alpha value is -1.38. The smallest absolute Gasteiger partial charge is 0.0693 e. The van der Waals surface area contributed by atoms with Crippen LogP contribution in [-0.2, 0) is 0 Å². The molecule has 2 aromatic rings. The van der Waals surface area contributed by atoms with Crippen molar-refractivity contribution in [1.82, 2.24) is 5.32 Å². The predicted molar refractivity (Wildman–Crippen MR) is 88.4 cm³/mol. The molecule has 21 heavy (non-hydrogen) atoms. The Balaban J connectivity index is 1.81. The number of nitrogens with one attached hydrogen (secondary N) is 1. The van der Waals surface area contributed by atoms with Gasteiger partial charge in [0, 0.05) is 12.1 Å². The third kappa shape index (κ3) is 3.28. The second-order valence-corrected chi connectivity index (χ2v) is 6.27. The monoisotopic (exact) mass is 283 g/mol. The standard InChI is InChI=1S/C19H25NO/c1-14(20-18-12-3-2-4-13-19(18)21)16-11-7-9-15-8-5-6-10-17(15)16/h5-11,14,18-21H,2-4,12-13H2,1H3. The highest BCUT2D eigenvalue weighted by Crippen LogP contribution is 2.26. The molecule has 0 aromatic heterocycles. The van der Waals surface area contributed by atoms with Gasteiger partial charge in [-0.1, -0.05) is 61.7 Å². The SMILES string of the molecule is CC(NC1CCCCCC1O)c1cccc2ccccc12. The van der Waals surface area contributed by atoms with Crippen LogP contribution in [0.25, 0.3) is 10.8 Å². The molecule has 0 spiro atoms. The number of benzene rings is 2. The largest absolute Gasteiger partial charge is 0.392 e. The molecule has 0 saturated heterocycles. The first-order chi connectivity index (χ1) is 10.3. The summed E-state index contributed by atoms with van der Waals surface area (Å²) in [4.78, 5) is 0. The molecule has 3 rings (SSSR count). The van der Waals surface area contributed by atoms with Crippen molar-refractivity contribution >= 4 is 10.8 Å². The van der Waals surface area contributed by atoms with Crippen LogP contribution in [-0.4, -0.2) is 17.3 Å². The maximum Gasteiger partial charge on any atom is 0.0693 e. The van der Waals surface area contributed by atoms with Gasteiger partial charge in [0.2, 0.25) is 0 Å². The number of aliphatic hydroxyl groups excluding tert-OH is 1. The molecular formula is C19H25NO. The summed E-state index contributed by atoms with van der Waals surface area (Å²) in [6, 6.07) is 15.5. The van der Waals surface area contributed by atoms with E-state index in [0.717, 1.165) is 19.3 Å². The summed E-state index contributed by atoms with van der Waals surface area (Å²) in [7, 11) is 0. The molecule has 1 fully saturated rings. The first-order valence-corrected chi connectivity index (χ1v) is 8.17. The van der Waals surface area contributed by atoms with Crippen molar-refractivity contribution in [3.05, 3.63) is 48.0 Å². The van der Waals surface area contributed by atoms with Crippen LogP contribution in [0.1, 0.15) is 50.6 Å². The Morgan fingerprint density at radius 3 is 2.67 bits per heavy atom. The van der Waals surface area contributed by atoms with Gasteiger partial charge in [-0.15, -0.1) is 0 Å². The van der Waals surface area contributed by atoms with Gasteiger partial charge in [0.25, 0.3) is 0 Å². The molecule has 0 aliphatic heterocycles. The van der Waals surface area contributed by atoms with E-state index in [-0.39, 0.29) is 18.2 Å². The topological polar surface area (TPSA) is 32.3 Å². The number of rotatable bonds is 3. The summed E-state index contributed by atoms with van der Waals surface area (Å²) in [6.07, 6.45) is 5.43. The van der Waals surface area contributed by atoms with Crippen molar-refractivity contribution in [2.75, 3.05) is 0 Å². The zero-order valence-corrected chi connectivity index (χ0v) is 12.8. The van der Waals surface area contributed by atoms with E-state index < -0.39 is 0 Å². The van der Waals surface area contributed by atoms with Gasteiger partial charge in [0.1, 0.15) is 0 Å². The summed E-state index contributed by atoms with van der Waals surface area (Å²) in [5.74, 6) is 0. The molecule has 2 heteroatoms. The van der Waals surface area contributed by atoms with Gasteiger partial charge in [0.15, 0.2) is 0 Å². The average molecular weight is 283 g/mol. The maximum absolute atomic E-state index is 10.3. The van der Waals surface area contributed by atoms with E-state index >= 15 is 0 Å². The number of hydrogen-bond acceptors (Lipinski definition) is 2. The van der Waals surface area contributed by atoms with Crippen LogP contribution >= 0.6 is 0 Å². The van der Waals surface area contributed by atoms with Gasteiger partial charge in [-0.05, 0) is 36.1 Å². The maximum atomic E-state index is 10.3. The van der Waals surface area contributed by atoms with Crippen molar-refractivity contribution < 1.29 is 5.11 Å². The van der Waals surface area contributed by atoms with Gasteiger partial charge in [-0.2, -0.15) is 0 Å². The van der Waals surface area contributed by atoms with Crippen LogP contribution in [0.4, 0.5) is 0 Å². The summed E-state index contributed by atoms with van der Waals surface area (Å²) >= 11 is 0. The first-order valence-electron chi connectivity index (χ1n) is 8.17. The summed E-state index contributed by atoms with van der Waals surface area (Å²) in [5, 5.41) is 16.6. The van der Waals surface area contributed by atoms with E-state index in [1.807, 2.05) is 0 Å². The molecule has 2 nitrogen and oxygen atoms in total.